The van der Waals surface area contributed by atoms with Crippen LogP contribution in [0.2, 0.25) is 0 Å². The average Bonchev–Trinajstić information content (AvgIpc) is 3.38. The largest absolute Gasteiger partial charge is 0.444 e. The fourth-order valence-electron chi connectivity index (χ4n) is 5.72. The van der Waals surface area contributed by atoms with Crippen molar-refractivity contribution in [2.45, 2.75) is 78.1 Å². The summed E-state index contributed by atoms with van der Waals surface area (Å²) >= 11 is 1.35. The first-order valence-corrected chi connectivity index (χ1v) is 17.9. The number of ether oxygens (including phenoxy) is 1. The maximum Gasteiger partial charge on any atom is 0.410 e. The second-order valence-electron chi connectivity index (χ2n) is 12.8. The van der Waals surface area contributed by atoms with Gasteiger partial charge in [-0.05, 0) is 65.7 Å². The molecule has 2 aliphatic rings. The molecule has 248 valence electrons. The number of amides is 2. The first-order chi connectivity index (χ1) is 21.6. The highest BCUT2D eigenvalue weighted by Gasteiger charge is 2.36. The Bertz CT molecular complexity index is 1700. The van der Waals surface area contributed by atoms with Gasteiger partial charge < -0.3 is 25.2 Å². The number of rotatable bonds is 6. The molecule has 2 atom stereocenters. The van der Waals surface area contributed by atoms with Gasteiger partial charge in [0, 0.05) is 49.9 Å². The van der Waals surface area contributed by atoms with Gasteiger partial charge in [-0.15, -0.1) is 0 Å². The number of halogens is 1. The van der Waals surface area contributed by atoms with Crippen LogP contribution in [0.4, 0.5) is 26.0 Å². The number of piperazine rings is 1. The third kappa shape index (κ3) is 7.74. The molecule has 0 saturated carbocycles. The number of thiazole rings is 1. The summed E-state index contributed by atoms with van der Waals surface area (Å²) < 4.78 is 45.4. The Labute approximate surface area is 272 Å². The lowest BCUT2D eigenvalue weighted by Gasteiger charge is -2.44. The van der Waals surface area contributed by atoms with Gasteiger partial charge in [-0.2, -0.15) is 0 Å². The summed E-state index contributed by atoms with van der Waals surface area (Å²) in [5, 5.41) is 6.43. The quantitative estimate of drug-likeness (QED) is 0.359. The molecule has 3 aromatic rings. The molecule has 2 amide bonds. The molecule has 2 N–H and O–H groups in total. The molecule has 15 heteroatoms. The maximum absolute atomic E-state index is 15.9. The highest BCUT2D eigenvalue weighted by atomic mass is 32.2. The van der Waals surface area contributed by atoms with E-state index in [2.05, 4.69) is 20.5 Å². The topological polar surface area (TPSA) is 147 Å². The van der Waals surface area contributed by atoms with E-state index >= 15 is 4.39 Å². The second kappa shape index (κ2) is 13.1. The normalized spacial score (nSPS) is 20.3. The van der Waals surface area contributed by atoms with Crippen LogP contribution in [-0.4, -0.2) is 88.6 Å². The Balaban J connectivity index is 1.51. The summed E-state index contributed by atoms with van der Waals surface area (Å²) in [6.45, 7) is 11.6. The smallest absolute Gasteiger partial charge is 0.410 e. The van der Waals surface area contributed by atoms with E-state index in [9.17, 15) is 18.0 Å². The molecular formula is C31H40FN7O5S2. The summed E-state index contributed by atoms with van der Waals surface area (Å²) in [6, 6.07) is 6.11. The fraction of sp³-hybridized carbons (Fsp3) is 0.516. The van der Waals surface area contributed by atoms with Gasteiger partial charge in [0.25, 0.3) is 0 Å². The van der Waals surface area contributed by atoms with Crippen LogP contribution in [0.15, 0.2) is 30.5 Å². The van der Waals surface area contributed by atoms with Crippen LogP contribution in [0.5, 0.6) is 0 Å². The molecule has 4 heterocycles. The monoisotopic (exact) mass is 673 g/mol. The predicted octanol–water partition coefficient (Wildman–Crippen LogP) is 5.19. The first kappa shape index (κ1) is 33.5. The van der Waals surface area contributed by atoms with Gasteiger partial charge in [0.1, 0.15) is 15.4 Å². The second-order valence-corrected chi connectivity index (χ2v) is 16.1. The number of anilines is 3. The van der Waals surface area contributed by atoms with E-state index in [0.29, 0.717) is 53.3 Å². The molecule has 1 aromatic carbocycles. The van der Waals surface area contributed by atoms with E-state index in [-0.39, 0.29) is 47.0 Å². The highest BCUT2D eigenvalue weighted by Crippen LogP contribution is 2.43. The molecule has 46 heavy (non-hydrogen) atoms. The summed E-state index contributed by atoms with van der Waals surface area (Å²) in [6.07, 6.45) is 2.14. The van der Waals surface area contributed by atoms with E-state index in [1.807, 2.05) is 34.6 Å². The van der Waals surface area contributed by atoms with Crippen LogP contribution in [0.1, 0.15) is 54.4 Å². The third-order valence-corrected chi connectivity index (χ3v) is 10.6. The van der Waals surface area contributed by atoms with Gasteiger partial charge in [0.2, 0.25) is 11.9 Å². The van der Waals surface area contributed by atoms with Crippen molar-refractivity contribution in [2.75, 3.05) is 40.1 Å². The molecule has 2 aliphatic heterocycles. The number of nitrogens with zero attached hydrogens (tertiary/aromatic N) is 5. The molecule has 0 bridgehead atoms. The number of hydrogen-bond acceptors (Lipinski definition) is 11. The minimum absolute atomic E-state index is 0.0375. The van der Waals surface area contributed by atoms with Gasteiger partial charge in [0.15, 0.2) is 10.9 Å². The summed E-state index contributed by atoms with van der Waals surface area (Å²) in [4.78, 5) is 43.1. The molecule has 2 aromatic heterocycles. The Kier molecular flexibility index (Phi) is 9.55. The number of aromatic nitrogens is 3. The van der Waals surface area contributed by atoms with Crippen molar-refractivity contribution in [3.63, 3.8) is 0 Å². The van der Waals surface area contributed by atoms with Gasteiger partial charge >= 0.3 is 6.09 Å². The molecule has 12 nitrogen and oxygen atoms in total. The van der Waals surface area contributed by atoms with Crippen LogP contribution >= 0.6 is 11.3 Å². The zero-order valence-electron chi connectivity index (χ0n) is 26.8. The first-order valence-electron chi connectivity index (χ1n) is 15.2. The lowest BCUT2D eigenvalue weighted by atomic mass is 10.1. The Hall–Kier alpha value is -3.85. The SMILES string of the molecule is CC(=O)Nc1cccc(-c2nc(N3[C@@H](C)CN(C(=O)OC(C)(C)C)C[C@@H]3C)sc2-c2ccnc(NC3CCS(=O)(=O)CC3)n2)c1F. The zero-order valence-corrected chi connectivity index (χ0v) is 28.5. The number of sulfone groups is 1. The lowest BCUT2D eigenvalue weighted by molar-refractivity contribution is -0.114. The molecule has 2 saturated heterocycles. The number of hydrogen-bond donors (Lipinski definition) is 2. The molecule has 0 unspecified atom stereocenters. The Morgan fingerprint density at radius 3 is 2.37 bits per heavy atom. The molecule has 2 fully saturated rings. The van der Waals surface area contributed by atoms with Crippen molar-refractivity contribution < 1.29 is 27.1 Å². The van der Waals surface area contributed by atoms with Crippen LogP contribution < -0.4 is 15.5 Å². The van der Waals surface area contributed by atoms with Crippen LogP contribution in [0, 0.1) is 5.82 Å². The molecule has 0 spiro atoms. The standard InChI is InChI=1S/C31H40FN7O5S2/c1-18-16-38(30(41)44-31(4,5)6)17-19(2)39(18)29-37-26(22-8-7-9-23(25(22)32)34-20(3)40)27(45-29)24-10-13-33-28(36-24)35-21-11-14-46(42,43)15-12-21/h7-10,13,18-19,21H,11-12,14-17H2,1-6H3,(H,34,40)(H,33,35,36)/t18-,19-/m0/s1. The molecule has 5 rings (SSSR count). The van der Waals surface area contributed by atoms with Crippen LogP contribution in [-0.2, 0) is 19.4 Å². The molecule has 0 radical (unpaired) electrons. The van der Waals surface area contributed by atoms with Crippen molar-refractivity contribution in [1.29, 1.82) is 0 Å². The van der Waals surface area contributed by atoms with Crippen LogP contribution in [0.3, 0.4) is 0 Å². The predicted molar refractivity (Wildman–Crippen MR) is 177 cm³/mol. The average molecular weight is 674 g/mol. The summed E-state index contributed by atoms with van der Waals surface area (Å²) in [5.74, 6) is -0.476. The lowest BCUT2D eigenvalue weighted by Crippen LogP contribution is -2.58. The molecule has 0 aliphatic carbocycles. The van der Waals surface area contributed by atoms with Crippen molar-refractivity contribution in [1.82, 2.24) is 19.9 Å². The fourth-order valence-corrected chi connectivity index (χ4v) is 8.47. The highest BCUT2D eigenvalue weighted by molar-refractivity contribution is 7.91. The maximum atomic E-state index is 15.9. The van der Waals surface area contributed by atoms with Crippen molar-refractivity contribution in [3.8, 4) is 21.8 Å². The van der Waals surface area contributed by atoms with E-state index in [1.54, 1.807) is 29.3 Å². The van der Waals surface area contributed by atoms with Gasteiger partial charge in [-0.3, -0.25) is 4.79 Å². The summed E-state index contributed by atoms with van der Waals surface area (Å²) in [7, 11) is -3.03. The van der Waals surface area contributed by atoms with E-state index in [4.69, 9.17) is 14.7 Å². The minimum atomic E-state index is -3.03. The zero-order chi connectivity index (χ0) is 33.4. The van der Waals surface area contributed by atoms with Gasteiger partial charge in [-0.1, -0.05) is 17.4 Å². The van der Waals surface area contributed by atoms with Gasteiger partial charge in [-0.25, -0.2) is 32.6 Å². The number of carbonyl (C=O) groups is 2. The Morgan fingerprint density at radius 2 is 1.74 bits per heavy atom. The van der Waals surface area contributed by atoms with Crippen molar-refractivity contribution in [3.05, 3.63) is 36.3 Å². The van der Waals surface area contributed by atoms with E-state index < -0.39 is 27.2 Å². The molecular weight excluding hydrogens is 634 g/mol. The third-order valence-electron chi connectivity index (χ3n) is 7.75. The number of nitrogens with one attached hydrogen (secondary N) is 2. The van der Waals surface area contributed by atoms with Crippen LogP contribution in [0.25, 0.3) is 21.8 Å². The Morgan fingerprint density at radius 1 is 1.07 bits per heavy atom. The number of benzene rings is 1. The van der Waals surface area contributed by atoms with Crippen molar-refractivity contribution >= 4 is 49.9 Å². The van der Waals surface area contributed by atoms with E-state index in [0.717, 1.165) is 0 Å². The van der Waals surface area contributed by atoms with E-state index in [1.165, 1.54) is 24.3 Å². The van der Waals surface area contributed by atoms with Crippen molar-refractivity contribution in [2.24, 2.45) is 0 Å². The number of carbonyl (C=O) groups excluding carboxylic acids is 2. The summed E-state index contributed by atoms with van der Waals surface area (Å²) in [5.41, 5.74) is 0.483. The minimum Gasteiger partial charge on any atom is -0.444 e. The van der Waals surface area contributed by atoms with Gasteiger partial charge in [0.05, 0.1) is 33.5 Å².